The SMILES string of the molecule is CCCCCN1CC2CN(Cc3ccccc3)CC(C1)C2(C)C. The quantitative estimate of drug-likeness (QED) is 0.724. The average molecular weight is 315 g/mol. The van der Waals surface area contributed by atoms with Gasteiger partial charge in [0.15, 0.2) is 0 Å². The molecular formula is C21H34N2. The fourth-order valence-corrected chi connectivity index (χ4v) is 4.52. The second-order valence-electron chi connectivity index (χ2n) is 8.36. The lowest BCUT2D eigenvalue weighted by atomic mass is 9.63. The van der Waals surface area contributed by atoms with E-state index in [1.165, 1.54) is 57.5 Å². The van der Waals surface area contributed by atoms with Gasteiger partial charge in [-0.05, 0) is 35.8 Å². The Hall–Kier alpha value is -0.860. The fourth-order valence-electron chi connectivity index (χ4n) is 4.52. The topological polar surface area (TPSA) is 6.48 Å². The number of rotatable bonds is 6. The maximum absolute atomic E-state index is 2.76. The van der Waals surface area contributed by atoms with Crippen LogP contribution >= 0.6 is 0 Å². The van der Waals surface area contributed by atoms with E-state index < -0.39 is 0 Å². The van der Waals surface area contributed by atoms with Crippen molar-refractivity contribution in [3.63, 3.8) is 0 Å². The Morgan fingerprint density at radius 3 is 2.13 bits per heavy atom. The third-order valence-electron chi connectivity index (χ3n) is 6.35. The zero-order valence-corrected chi connectivity index (χ0v) is 15.3. The maximum atomic E-state index is 2.76. The smallest absolute Gasteiger partial charge is 0.0233 e. The summed E-state index contributed by atoms with van der Waals surface area (Å²) >= 11 is 0. The summed E-state index contributed by atoms with van der Waals surface area (Å²) in [6, 6.07) is 11.0. The van der Waals surface area contributed by atoms with Crippen molar-refractivity contribution in [1.29, 1.82) is 0 Å². The van der Waals surface area contributed by atoms with Crippen LogP contribution in [0.4, 0.5) is 0 Å². The first-order valence-electron chi connectivity index (χ1n) is 9.58. The Balaban J connectivity index is 1.61. The van der Waals surface area contributed by atoms with Crippen LogP contribution in [0.3, 0.4) is 0 Å². The van der Waals surface area contributed by atoms with E-state index in [1.807, 2.05) is 0 Å². The lowest BCUT2D eigenvalue weighted by Crippen LogP contribution is -2.61. The third-order valence-corrected chi connectivity index (χ3v) is 6.35. The largest absolute Gasteiger partial charge is 0.303 e. The van der Waals surface area contributed by atoms with E-state index in [0.717, 1.165) is 18.4 Å². The van der Waals surface area contributed by atoms with Gasteiger partial charge in [-0.25, -0.2) is 0 Å². The van der Waals surface area contributed by atoms with Gasteiger partial charge in [0, 0.05) is 32.7 Å². The molecule has 0 radical (unpaired) electrons. The van der Waals surface area contributed by atoms with Gasteiger partial charge in [0.25, 0.3) is 0 Å². The highest BCUT2D eigenvalue weighted by molar-refractivity contribution is 5.15. The van der Waals surface area contributed by atoms with Crippen LogP contribution in [0.5, 0.6) is 0 Å². The molecule has 0 amide bonds. The standard InChI is InChI=1S/C21H34N2/c1-4-5-9-12-22-14-19-16-23(13-18-10-7-6-8-11-18)17-20(15-22)21(19,2)3/h6-8,10-11,19-20H,4-5,9,12-17H2,1-3H3. The Bertz CT molecular complexity index is 464. The Morgan fingerprint density at radius 1 is 0.913 bits per heavy atom. The van der Waals surface area contributed by atoms with Crippen LogP contribution in [0.25, 0.3) is 0 Å². The zero-order valence-electron chi connectivity index (χ0n) is 15.3. The van der Waals surface area contributed by atoms with Crippen molar-refractivity contribution in [2.75, 3.05) is 32.7 Å². The number of unbranched alkanes of at least 4 members (excludes halogenated alkanes) is 2. The number of benzene rings is 1. The summed E-state index contributed by atoms with van der Waals surface area (Å²) in [6.07, 6.45) is 4.09. The molecule has 2 heteroatoms. The first-order valence-corrected chi connectivity index (χ1v) is 9.58. The van der Waals surface area contributed by atoms with Crippen molar-refractivity contribution >= 4 is 0 Å². The summed E-state index contributed by atoms with van der Waals surface area (Å²) in [7, 11) is 0. The number of likely N-dealkylation sites (tertiary alicyclic amines) is 2. The molecule has 1 aromatic carbocycles. The van der Waals surface area contributed by atoms with E-state index in [2.05, 4.69) is 60.9 Å². The molecule has 0 aromatic heterocycles. The van der Waals surface area contributed by atoms with Crippen LogP contribution in [-0.4, -0.2) is 42.5 Å². The molecule has 23 heavy (non-hydrogen) atoms. The van der Waals surface area contributed by atoms with Gasteiger partial charge in [-0.3, -0.25) is 4.90 Å². The van der Waals surface area contributed by atoms with Gasteiger partial charge >= 0.3 is 0 Å². The molecule has 2 fully saturated rings. The summed E-state index contributed by atoms with van der Waals surface area (Å²) in [5.74, 6) is 1.64. The van der Waals surface area contributed by atoms with Crippen molar-refractivity contribution in [3.8, 4) is 0 Å². The summed E-state index contributed by atoms with van der Waals surface area (Å²) in [6.45, 7) is 14.9. The van der Waals surface area contributed by atoms with Crippen molar-refractivity contribution in [3.05, 3.63) is 35.9 Å². The van der Waals surface area contributed by atoms with Crippen molar-refractivity contribution < 1.29 is 0 Å². The van der Waals surface area contributed by atoms with E-state index in [-0.39, 0.29) is 0 Å². The fraction of sp³-hybridized carbons (Fsp3) is 0.714. The van der Waals surface area contributed by atoms with Gasteiger partial charge in [0.1, 0.15) is 0 Å². The molecular weight excluding hydrogens is 280 g/mol. The molecule has 0 spiro atoms. The van der Waals surface area contributed by atoms with E-state index in [9.17, 15) is 0 Å². The first kappa shape index (κ1) is 17.0. The summed E-state index contributed by atoms with van der Waals surface area (Å²) in [4.78, 5) is 5.47. The molecule has 2 aliphatic heterocycles. The van der Waals surface area contributed by atoms with Crippen LogP contribution in [-0.2, 0) is 6.54 Å². The zero-order chi connectivity index (χ0) is 16.3. The molecule has 2 unspecified atom stereocenters. The lowest BCUT2D eigenvalue weighted by Gasteiger charge is -2.56. The molecule has 2 saturated heterocycles. The molecule has 0 N–H and O–H groups in total. The maximum Gasteiger partial charge on any atom is 0.0233 e. The minimum absolute atomic E-state index is 0.508. The van der Waals surface area contributed by atoms with Crippen molar-refractivity contribution in [1.82, 2.24) is 9.80 Å². The van der Waals surface area contributed by atoms with Gasteiger partial charge in [-0.1, -0.05) is 63.9 Å². The third kappa shape index (κ3) is 3.97. The molecule has 2 aliphatic rings. The summed E-state index contributed by atoms with van der Waals surface area (Å²) in [5, 5.41) is 0. The van der Waals surface area contributed by atoms with E-state index >= 15 is 0 Å². The van der Waals surface area contributed by atoms with Gasteiger partial charge in [-0.15, -0.1) is 0 Å². The average Bonchev–Trinajstić information content (AvgIpc) is 2.50. The van der Waals surface area contributed by atoms with Gasteiger partial charge in [0.2, 0.25) is 0 Å². The van der Waals surface area contributed by atoms with Crippen molar-refractivity contribution in [2.24, 2.45) is 17.3 Å². The Labute approximate surface area is 142 Å². The van der Waals surface area contributed by atoms with Crippen LogP contribution in [0.1, 0.15) is 45.6 Å². The van der Waals surface area contributed by atoms with Crippen LogP contribution < -0.4 is 0 Å². The van der Waals surface area contributed by atoms with Gasteiger partial charge < -0.3 is 4.90 Å². The normalized spacial score (nSPS) is 28.0. The molecule has 0 saturated carbocycles. The molecule has 1 aromatic rings. The molecule has 2 bridgehead atoms. The predicted molar refractivity (Wildman–Crippen MR) is 98.4 cm³/mol. The number of fused-ring (bicyclic) bond motifs is 2. The van der Waals surface area contributed by atoms with E-state index in [1.54, 1.807) is 0 Å². The number of piperidine rings is 2. The molecule has 2 nitrogen and oxygen atoms in total. The highest BCUT2D eigenvalue weighted by Crippen LogP contribution is 2.44. The number of hydrogen-bond donors (Lipinski definition) is 0. The van der Waals surface area contributed by atoms with Crippen LogP contribution in [0.2, 0.25) is 0 Å². The highest BCUT2D eigenvalue weighted by Gasteiger charge is 2.47. The predicted octanol–water partition coefficient (Wildman–Crippen LogP) is 4.27. The molecule has 0 aliphatic carbocycles. The van der Waals surface area contributed by atoms with Crippen LogP contribution in [0, 0.1) is 17.3 Å². The lowest BCUT2D eigenvalue weighted by molar-refractivity contribution is -0.0740. The first-order chi connectivity index (χ1) is 11.1. The van der Waals surface area contributed by atoms with E-state index in [0.29, 0.717) is 5.41 Å². The molecule has 3 rings (SSSR count). The second kappa shape index (κ2) is 7.36. The molecule has 2 atom stereocenters. The monoisotopic (exact) mass is 314 g/mol. The molecule has 128 valence electrons. The van der Waals surface area contributed by atoms with Gasteiger partial charge in [-0.2, -0.15) is 0 Å². The van der Waals surface area contributed by atoms with Crippen molar-refractivity contribution in [2.45, 2.75) is 46.6 Å². The highest BCUT2D eigenvalue weighted by atomic mass is 15.2. The second-order valence-corrected chi connectivity index (χ2v) is 8.36. The molecule has 2 heterocycles. The van der Waals surface area contributed by atoms with Crippen LogP contribution in [0.15, 0.2) is 30.3 Å². The number of nitrogens with zero attached hydrogens (tertiary/aromatic N) is 2. The number of hydrogen-bond acceptors (Lipinski definition) is 2. The minimum Gasteiger partial charge on any atom is -0.303 e. The van der Waals surface area contributed by atoms with E-state index in [4.69, 9.17) is 0 Å². The van der Waals surface area contributed by atoms with Gasteiger partial charge in [0.05, 0.1) is 0 Å². The Morgan fingerprint density at radius 2 is 1.52 bits per heavy atom. The minimum atomic E-state index is 0.508. The summed E-state index contributed by atoms with van der Waals surface area (Å²) in [5.41, 5.74) is 1.97. The summed E-state index contributed by atoms with van der Waals surface area (Å²) < 4.78 is 0. The Kier molecular flexibility index (Phi) is 5.43.